The van der Waals surface area contributed by atoms with Gasteiger partial charge in [-0.25, -0.2) is 0 Å². The molecule has 21 heavy (non-hydrogen) atoms. The van der Waals surface area contributed by atoms with E-state index in [1.807, 2.05) is 49.4 Å². The molecule has 1 aliphatic rings. The molecule has 3 rings (SSSR count). The lowest BCUT2D eigenvalue weighted by atomic mass is 9.75. The first-order chi connectivity index (χ1) is 10.1. The standard InChI is InChI=1S/C18H19NO2/c1-13-5-2-6-14(11-13)17(20)19-16-8-3-7-15(12-16)18(21)9-4-10-18/h2-3,5-8,11-12,21H,4,9-10H2,1H3,(H,19,20). The van der Waals surface area contributed by atoms with Crippen molar-refractivity contribution < 1.29 is 9.90 Å². The normalized spacial score (nSPS) is 16.1. The van der Waals surface area contributed by atoms with Crippen LogP contribution in [0.15, 0.2) is 48.5 Å². The highest BCUT2D eigenvalue weighted by Crippen LogP contribution is 2.41. The molecule has 0 unspecified atom stereocenters. The van der Waals surface area contributed by atoms with Gasteiger partial charge in [-0.05, 0) is 56.0 Å². The fourth-order valence-corrected chi connectivity index (χ4v) is 2.68. The third kappa shape index (κ3) is 2.83. The molecular formula is C18H19NO2. The summed E-state index contributed by atoms with van der Waals surface area (Å²) < 4.78 is 0. The van der Waals surface area contributed by atoms with Crippen LogP contribution < -0.4 is 5.32 Å². The van der Waals surface area contributed by atoms with E-state index in [4.69, 9.17) is 0 Å². The predicted molar refractivity (Wildman–Crippen MR) is 83.3 cm³/mol. The molecule has 0 saturated heterocycles. The minimum Gasteiger partial charge on any atom is -0.385 e. The second-order valence-corrected chi connectivity index (χ2v) is 5.79. The zero-order valence-corrected chi connectivity index (χ0v) is 12.1. The van der Waals surface area contributed by atoms with Crippen LogP contribution in [0.25, 0.3) is 0 Å². The molecule has 2 aromatic rings. The van der Waals surface area contributed by atoms with E-state index in [-0.39, 0.29) is 5.91 Å². The number of rotatable bonds is 3. The zero-order valence-electron chi connectivity index (χ0n) is 12.1. The van der Waals surface area contributed by atoms with Gasteiger partial charge in [0.25, 0.3) is 5.91 Å². The summed E-state index contributed by atoms with van der Waals surface area (Å²) in [6.07, 6.45) is 2.64. The van der Waals surface area contributed by atoms with Crippen LogP contribution >= 0.6 is 0 Å². The van der Waals surface area contributed by atoms with Crippen LogP contribution in [0.4, 0.5) is 5.69 Å². The topological polar surface area (TPSA) is 49.3 Å². The number of hydrogen-bond donors (Lipinski definition) is 2. The van der Waals surface area contributed by atoms with Crippen LogP contribution in [0.5, 0.6) is 0 Å². The van der Waals surface area contributed by atoms with Gasteiger partial charge in [0.1, 0.15) is 0 Å². The molecule has 108 valence electrons. The Morgan fingerprint density at radius 1 is 1.14 bits per heavy atom. The maximum atomic E-state index is 12.2. The van der Waals surface area contributed by atoms with Crippen molar-refractivity contribution in [3.05, 3.63) is 65.2 Å². The average molecular weight is 281 g/mol. The molecule has 0 bridgehead atoms. The Morgan fingerprint density at radius 3 is 2.57 bits per heavy atom. The average Bonchev–Trinajstić information content (AvgIpc) is 2.45. The number of carbonyl (C=O) groups is 1. The third-order valence-electron chi connectivity index (χ3n) is 4.12. The van der Waals surface area contributed by atoms with Gasteiger partial charge in [-0.15, -0.1) is 0 Å². The van der Waals surface area contributed by atoms with Crippen molar-refractivity contribution in [3.63, 3.8) is 0 Å². The Bertz CT molecular complexity index is 674. The smallest absolute Gasteiger partial charge is 0.255 e. The SMILES string of the molecule is Cc1cccc(C(=O)Nc2cccc(C3(O)CCC3)c2)c1. The van der Waals surface area contributed by atoms with E-state index < -0.39 is 5.60 Å². The molecule has 2 aromatic carbocycles. The number of hydrogen-bond acceptors (Lipinski definition) is 2. The number of aliphatic hydroxyl groups is 1. The van der Waals surface area contributed by atoms with Gasteiger partial charge >= 0.3 is 0 Å². The van der Waals surface area contributed by atoms with Crippen LogP contribution in [0, 0.1) is 6.92 Å². The second kappa shape index (κ2) is 5.34. The van der Waals surface area contributed by atoms with E-state index in [0.717, 1.165) is 36.1 Å². The summed E-state index contributed by atoms with van der Waals surface area (Å²) in [5, 5.41) is 13.3. The predicted octanol–water partition coefficient (Wildman–Crippen LogP) is 3.62. The second-order valence-electron chi connectivity index (χ2n) is 5.79. The summed E-state index contributed by atoms with van der Waals surface area (Å²) in [5.41, 5.74) is 2.60. The number of aryl methyl sites for hydroxylation is 1. The van der Waals surface area contributed by atoms with Crippen molar-refractivity contribution in [2.75, 3.05) is 5.32 Å². The fraction of sp³-hybridized carbons (Fsp3) is 0.278. The molecule has 3 heteroatoms. The minimum atomic E-state index is -0.704. The van der Waals surface area contributed by atoms with Crippen LogP contribution in [0.3, 0.4) is 0 Å². The molecule has 1 saturated carbocycles. The van der Waals surface area contributed by atoms with Crippen LogP contribution in [-0.4, -0.2) is 11.0 Å². The lowest BCUT2D eigenvalue weighted by Gasteiger charge is -2.37. The molecule has 1 amide bonds. The van der Waals surface area contributed by atoms with Crippen molar-refractivity contribution in [1.29, 1.82) is 0 Å². The maximum absolute atomic E-state index is 12.2. The highest BCUT2D eigenvalue weighted by molar-refractivity contribution is 6.04. The maximum Gasteiger partial charge on any atom is 0.255 e. The third-order valence-corrected chi connectivity index (χ3v) is 4.12. The number of carbonyl (C=O) groups excluding carboxylic acids is 1. The van der Waals surface area contributed by atoms with E-state index in [1.54, 1.807) is 6.07 Å². The largest absolute Gasteiger partial charge is 0.385 e. The Balaban J connectivity index is 1.79. The summed E-state index contributed by atoms with van der Waals surface area (Å²) in [5.74, 6) is -0.128. The van der Waals surface area contributed by atoms with Crippen molar-refractivity contribution in [2.24, 2.45) is 0 Å². The molecule has 0 radical (unpaired) electrons. The van der Waals surface area contributed by atoms with Crippen molar-refractivity contribution in [3.8, 4) is 0 Å². The number of amides is 1. The Kier molecular flexibility index (Phi) is 3.52. The fourth-order valence-electron chi connectivity index (χ4n) is 2.68. The highest BCUT2D eigenvalue weighted by atomic mass is 16.3. The molecule has 0 aromatic heterocycles. The van der Waals surface area contributed by atoms with Crippen molar-refractivity contribution >= 4 is 11.6 Å². The first kappa shape index (κ1) is 13.8. The quantitative estimate of drug-likeness (QED) is 0.902. The first-order valence-electron chi connectivity index (χ1n) is 7.28. The Labute approximate surface area is 124 Å². The number of benzene rings is 2. The van der Waals surface area contributed by atoms with Gasteiger partial charge in [-0.1, -0.05) is 29.8 Å². The monoisotopic (exact) mass is 281 g/mol. The first-order valence-corrected chi connectivity index (χ1v) is 7.28. The van der Waals surface area contributed by atoms with Crippen LogP contribution in [0.2, 0.25) is 0 Å². The lowest BCUT2D eigenvalue weighted by molar-refractivity contribution is -0.0387. The van der Waals surface area contributed by atoms with E-state index in [2.05, 4.69) is 5.32 Å². The van der Waals surface area contributed by atoms with Gasteiger partial charge in [0.2, 0.25) is 0 Å². The van der Waals surface area contributed by atoms with Crippen molar-refractivity contribution in [2.45, 2.75) is 31.8 Å². The number of nitrogens with one attached hydrogen (secondary N) is 1. The van der Waals surface area contributed by atoms with Gasteiger partial charge in [0.05, 0.1) is 5.60 Å². The zero-order chi connectivity index (χ0) is 14.9. The van der Waals surface area contributed by atoms with Gasteiger partial charge in [0.15, 0.2) is 0 Å². The van der Waals surface area contributed by atoms with Gasteiger partial charge in [-0.2, -0.15) is 0 Å². The van der Waals surface area contributed by atoms with Crippen molar-refractivity contribution in [1.82, 2.24) is 0 Å². The minimum absolute atomic E-state index is 0.128. The molecular weight excluding hydrogens is 262 g/mol. The van der Waals surface area contributed by atoms with E-state index in [0.29, 0.717) is 5.56 Å². The van der Waals surface area contributed by atoms with Crippen LogP contribution in [-0.2, 0) is 5.60 Å². The molecule has 0 atom stereocenters. The molecule has 0 spiro atoms. The van der Waals surface area contributed by atoms with E-state index in [9.17, 15) is 9.90 Å². The lowest BCUT2D eigenvalue weighted by Crippen LogP contribution is -2.33. The molecule has 3 nitrogen and oxygen atoms in total. The van der Waals surface area contributed by atoms with E-state index in [1.165, 1.54) is 0 Å². The molecule has 0 heterocycles. The summed E-state index contributed by atoms with van der Waals surface area (Å²) in [7, 11) is 0. The summed E-state index contributed by atoms with van der Waals surface area (Å²) in [6.45, 7) is 1.96. The molecule has 1 fully saturated rings. The summed E-state index contributed by atoms with van der Waals surface area (Å²) in [4.78, 5) is 12.2. The summed E-state index contributed by atoms with van der Waals surface area (Å²) in [6, 6.07) is 15.0. The number of anilines is 1. The van der Waals surface area contributed by atoms with E-state index >= 15 is 0 Å². The molecule has 0 aliphatic heterocycles. The summed E-state index contributed by atoms with van der Waals surface area (Å²) >= 11 is 0. The molecule has 1 aliphatic carbocycles. The Morgan fingerprint density at radius 2 is 1.90 bits per heavy atom. The Hall–Kier alpha value is -2.13. The molecule has 2 N–H and O–H groups in total. The van der Waals surface area contributed by atoms with Gasteiger partial charge in [0, 0.05) is 11.3 Å². The van der Waals surface area contributed by atoms with Gasteiger partial charge in [-0.3, -0.25) is 4.79 Å². The van der Waals surface area contributed by atoms with Crippen LogP contribution in [0.1, 0.15) is 40.7 Å². The highest BCUT2D eigenvalue weighted by Gasteiger charge is 2.36. The van der Waals surface area contributed by atoms with Gasteiger partial charge < -0.3 is 10.4 Å².